The maximum absolute atomic E-state index is 5.88. The standard InChI is InChI=1S/C16H19ClN2/c1-13(12-15-2-4-16(17)5-3-15)19-11-8-14-6-9-18-10-7-14/h2-7,9-10,13,19H,8,11-12H2,1H3. The molecular weight excluding hydrogens is 256 g/mol. The molecule has 1 aromatic heterocycles. The minimum Gasteiger partial charge on any atom is -0.314 e. The van der Waals surface area contributed by atoms with Crippen molar-refractivity contribution in [3.63, 3.8) is 0 Å². The van der Waals surface area contributed by atoms with Gasteiger partial charge in [0, 0.05) is 23.5 Å². The van der Waals surface area contributed by atoms with Crippen LogP contribution < -0.4 is 5.32 Å². The average molecular weight is 275 g/mol. The molecule has 2 nitrogen and oxygen atoms in total. The number of halogens is 1. The van der Waals surface area contributed by atoms with E-state index in [1.54, 1.807) is 0 Å². The van der Waals surface area contributed by atoms with E-state index in [0.29, 0.717) is 6.04 Å². The fourth-order valence-corrected chi connectivity index (χ4v) is 2.18. The Morgan fingerprint density at radius 3 is 2.42 bits per heavy atom. The molecule has 0 bridgehead atoms. The van der Waals surface area contributed by atoms with E-state index in [2.05, 4.69) is 41.5 Å². The normalized spacial score (nSPS) is 12.3. The Hall–Kier alpha value is -1.38. The Bertz CT molecular complexity index is 482. The number of nitrogens with zero attached hydrogens (tertiary/aromatic N) is 1. The topological polar surface area (TPSA) is 24.9 Å². The van der Waals surface area contributed by atoms with Gasteiger partial charge in [-0.3, -0.25) is 4.98 Å². The third-order valence-electron chi connectivity index (χ3n) is 3.11. The summed E-state index contributed by atoms with van der Waals surface area (Å²) in [6.45, 7) is 3.19. The SMILES string of the molecule is CC(Cc1ccc(Cl)cc1)NCCc1ccncc1. The highest BCUT2D eigenvalue weighted by Crippen LogP contribution is 2.11. The summed E-state index contributed by atoms with van der Waals surface area (Å²) >= 11 is 5.88. The zero-order valence-corrected chi connectivity index (χ0v) is 11.9. The smallest absolute Gasteiger partial charge is 0.0406 e. The molecule has 0 saturated carbocycles. The molecule has 1 aromatic carbocycles. The predicted molar refractivity (Wildman–Crippen MR) is 80.6 cm³/mol. The highest BCUT2D eigenvalue weighted by Gasteiger charge is 2.03. The molecule has 0 amide bonds. The zero-order chi connectivity index (χ0) is 13.5. The van der Waals surface area contributed by atoms with Gasteiger partial charge in [-0.2, -0.15) is 0 Å². The second kappa shape index (κ2) is 7.27. The van der Waals surface area contributed by atoms with Crippen molar-refractivity contribution in [2.75, 3.05) is 6.54 Å². The highest BCUT2D eigenvalue weighted by molar-refractivity contribution is 6.30. The molecule has 1 unspecified atom stereocenters. The van der Waals surface area contributed by atoms with Gasteiger partial charge in [-0.1, -0.05) is 23.7 Å². The van der Waals surface area contributed by atoms with Crippen LogP contribution in [0.5, 0.6) is 0 Å². The van der Waals surface area contributed by atoms with E-state index in [-0.39, 0.29) is 0 Å². The summed E-state index contributed by atoms with van der Waals surface area (Å²) in [5.41, 5.74) is 2.63. The van der Waals surface area contributed by atoms with E-state index in [9.17, 15) is 0 Å². The first-order valence-electron chi connectivity index (χ1n) is 6.61. The lowest BCUT2D eigenvalue weighted by molar-refractivity contribution is 0.548. The van der Waals surface area contributed by atoms with Crippen molar-refractivity contribution in [3.8, 4) is 0 Å². The number of benzene rings is 1. The second-order valence-corrected chi connectivity index (χ2v) is 5.23. The first-order valence-corrected chi connectivity index (χ1v) is 6.98. The molecule has 0 aliphatic rings. The quantitative estimate of drug-likeness (QED) is 0.872. The van der Waals surface area contributed by atoms with E-state index < -0.39 is 0 Å². The lowest BCUT2D eigenvalue weighted by atomic mass is 10.1. The van der Waals surface area contributed by atoms with Crippen LogP contribution in [0.15, 0.2) is 48.8 Å². The summed E-state index contributed by atoms with van der Waals surface area (Å²) in [4.78, 5) is 4.02. The van der Waals surface area contributed by atoms with Gasteiger partial charge < -0.3 is 5.32 Å². The predicted octanol–water partition coefficient (Wildman–Crippen LogP) is 3.50. The molecule has 0 fully saturated rings. The molecule has 1 heterocycles. The highest BCUT2D eigenvalue weighted by atomic mass is 35.5. The average Bonchev–Trinajstić information content (AvgIpc) is 2.43. The van der Waals surface area contributed by atoms with Gasteiger partial charge in [0.2, 0.25) is 0 Å². The fourth-order valence-electron chi connectivity index (χ4n) is 2.06. The second-order valence-electron chi connectivity index (χ2n) is 4.79. The number of pyridine rings is 1. The molecule has 100 valence electrons. The Morgan fingerprint density at radius 2 is 1.74 bits per heavy atom. The summed E-state index contributed by atoms with van der Waals surface area (Å²) in [6, 6.07) is 12.6. The van der Waals surface area contributed by atoms with Gasteiger partial charge in [-0.25, -0.2) is 0 Å². The van der Waals surface area contributed by atoms with Crippen LogP contribution in [0.4, 0.5) is 0 Å². The number of nitrogens with one attached hydrogen (secondary N) is 1. The molecular formula is C16H19ClN2. The summed E-state index contributed by atoms with van der Waals surface area (Å²) < 4.78 is 0. The molecule has 1 atom stereocenters. The van der Waals surface area contributed by atoms with Crippen LogP contribution in [0, 0.1) is 0 Å². The number of hydrogen-bond donors (Lipinski definition) is 1. The Morgan fingerprint density at radius 1 is 1.05 bits per heavy atom. The monoisotopic (exact) mass is 274 g/mol. The fraction of sp³-hybridized carbons (Fsp3) is 0.312. The summed E-state index contributed by atoms with van der Waals surface area (Å²) in [5.74, 6) is 0. The minimum atomic E-state index is 0.461. The van der Waals surface area contributed by atoms with E-state index in [1.165, 1.54) is 11.1 Å². The lowest BCUT2D eigenvalue weighted by Crippen LogP contribution is -2.29. The van der Waals surface area contributed by atoms with Gasteiger partial charge in [0.1, 0.15) is 0 Å². The van der Waals surface area contributed by atoms with Crippen molar-refractivity contribution in [3.05, 3.63) is 64.9 Å². The van der Waals surface area contributed by atoms with Crippen LogP contribution in [0.1, 0.15) is 18.1 Å². The molecule has 2 rings (SSSR count). The third kappa shape index (κ3) is 5.01. The van der Waals surface area contributed by atoms with Gasteiger partial charge >= 0.3 is 0 Å². The van der Waals surface area contributed by atoms with Crippen molar-refractivity contribution in [2.24, 2.45) is 0 Å². The van der Waals surface area contributed by atoms with Crippen molar-refractivity contribution in [1.82, 2.24) is 10.3 Å². The molecule has 2 aromatic rings. The van der Waals surface area contributed by atoms with Crippen molar-refractivity contribution in [1.29, 1.82) is 0 Å². The number of rotatable bonds is 6. The van der Waals surface area contributed by atoms with Gasteiger partial charge in [0.25, 0.3) is 0 Å². The molecule has 0 spiro atoms. The molecule has 3 heteroatoms. The van der Waals surface area contributed by atoms with E-state index in [0.717, 1.165) is 24.4 Å². The molecule has 0 radical (unpaired) electrons. The van der Waals surface area contributed by atoms with E-state index in [4.69, 9.17) is 11.6 Å². The lowest BCUT2D eigenvalue weighted by Gasteiger charge is -2.14. The summed E-state index contributed by atoms with van der Waals surface area (Å²) in [6.07, 6.45) is 5.74. The number of hydrogen-bond acceptors (Lipinski definition) is 2. The number of aromatic nitrogens is 1. The zero-order valence-electron chi connectivity index (χ0n) is 11.1. The van der Waals surface area contributed by atoms with Gasteiger partial charge in [-0.15, -0.1) is 0 Å². The minimum absolute atomic E-state index is 0.461. The van der Waals surface area contributed by atoms with Crippen LogP contribution in [-0.2, 0) is 12.8 Å². The maximum atomic E-state index is 5.88. The van der Waals surface area contributed by atoms with E-state index in [1.807, 2.05) is 24.5 Å². The van der Waals surface area contributed by atoms with Crippen LogP contribution in [0.2, 0.25) is 5.02 Å². The molecule has 19 heavy (non-hydrogen) atoms. The Balaban J connectivity index is 1.73. The van der Waals surface area contributed by atoms with Crippen molar-refractivity contribution >= 4 is 11.6 Å². The third-order valence-corrected chi connectivity index (χ3v) is 3.36. The van der Waals surface area contributed by atoms with Crippen LogP contribution in [0.25, 0.3) is 0 Å². The molecule has 1 N–H and O–H groups in total. The summed E-state index contributed by atoms with van der Waals surface area (Å²) in [7, 11) is 0. The molecule has 0 aliphatic heterocycles. The van der Waals surface area contributed by atoms with Crippen LogP contribution in [-0.4, -0.2) is 17.6 Å². The van der Waals surface area contributed by atoms with Crippen LogP contribution >= 0.6 is 11.6 Å². The molecule has 0 aliphatic carbocycles. The first-order chi connectivity index (χ1) is 9.24. The Kier molecular flexibility index (Phi) is 5.37. The van der Waals surface area contributed by atoms with Crippen molar-refractivity contribution in [2.45, 2.75) is 25.8 Å². The molecule has 0 saturated heterocycles. The first kappa shape index (κ1) is 14.0. The summed E-state index contributed by atoms with van der Waals surface area (Å²) in [5, 5.41) is 4.33. The van der Waals surface area contributed by atoms with Gasteiger partial charge in [0.15, 0.2) is 0 Å². The van der Waals surface area contributed by atoms with Gasteiger partial charge in [0.05, 0.1) is 0 Å². The Labute approximate surface area is 119 Å². The van der Waals surface area contributed by atoms with Crippen molar-refractivity contribution < 1.29 is 0 Å². The van der Waals surface area contributed by atoms with Gasteiger partial charge in [-0.05, 0) is 61.7 Å². The maximum Gasteiger partial charge on any atom is 0.0406 e. The van der Waals surface area contributed by atoms with Crippen LogP contribution in [0.3, 0.4) is 0 Å². The van der Waals surface area contributed by atoms with E-state index >= 15 is 0 Å². The largest absolute Gasteiger partial charge is 0.314 e.